The summed E-state index contributed by atoms with van der Waals surface area (Å²) in [4.78, 5) is 22.8. The number of rotatable bonds is 16. The van der Waals surface area contributed by atoms with Crippen molar-refractivity contribution in [1.29, 1.82) is 0 Å². The van der Waals surface area contributed by atoms with Crippen molar-refractivity contribution in [3.63, 3.8) is 0 Å². The van der Waals surface area contributed by atoms with Gasteiger partial charge in [0.05, 0.1) is 87.2 Å². The van der Waals surface area contributed by atoms with Crippen LogP contribution in [0.5, 0.6) is 0 Å². The van der Waals surface area contributed by atoms with Crippen LogP contribution in [0.25, 0.3) is 0 Å². The van der Waals surface area contributed by atoms with Crippen LogP contribution in [0.15, 0.2) is 23.3 Å². The lowest BCUT2D eigenvalue weighted by Crippen LogP contribution is -2.34. The Bertz CT molecular complexity index is 830. The lowest BCUT2D eigenvalue weighted by molar-refractivity contribution is -0.121. The van der Waals surface area contributed by atoms with E-state index in [2.05, 4.69) is 10.4 Å². The molecule has 1 unspecified atom stereocenters. The number of halogens is 2. The van der Waals surface area contributed by atoms with Crippen molar-refractivity contribution in [3.8, 4) is 0 Å². The molecular weight excluding hydrogens is 484 g/mol. The molecule has 1 heterocycles. The predicted octanol–water partition coefficient (Wildman–Crippen LogP) is 2.42. The van der Waals surface area contributed by atoms with Gasteiger partial charge in [-0.3, -0.25) is 9.80 Å². The molecule has 2 radical (unpaired) electrons. The molecule has 34 heavy (non-hydrogen) atoms. The fourth-order valence-electron chi connectivity index (χ4n) is 2.88. The van der Waals surface area contributed by atoms with Crippen molar-refractivity contribution in [2.75, 3.05) is 64.4 Å². The molecule has 0 spiro atoms. The first kappa shape index (κ1) is 28.6. The second kappa shape index (κ2) is 16.1. The Balaban J connectivity index is 1.48. The van der Waals surface area contributed by atoms with Crippen molar-refractivity contribution in [2.45, 2.75) is 19.8 Å². The molecule has 1 amide bonds. The summed E-state index contributed by atoms with van der Waals surface area (Å²) >= 11 is 12.0. The number of nitrogens with one attached hydrogen (secondary N) is 1. The van der Waals surface area contributed by atoms with Crippen LogP contribution in [-0.4, -0.2) is 84.7 Å². The number of carbonyl (C=O) groups is 2. The molecule has 1 aromatic rings. The number of nitrogens with zero attached hydrogens (tertiary/aromatic N) is 2. The number of ether oxygens (including phenoxy) is 4. The second-order valence-corrected chi connectivity index (χ2v) is 8.35. The van der Waals surface area contributed by atoms with E-state index < -0.39 is 0 Å². The van der Waals surface area contributed by atoms with Crippen LogP contribution in [0.1, 0.15) is 19.8 Å². The van der Waals surface area contributed by atoms with Crippen molar-refractivity contribution >= 4 is 54.2 Å². The number of hydrogen-bond donors (Lipinski definition) is 1. The van der Waals surface area contributed by atoms with Crippen LogP contribution >= 0.6 is 23.2 Å². The zero-order valence-corrected chi connectivity index (χ0v) is 20.8. The third-order valence-corrected chi connectivity index (χ3v) is 5.43. The van der Waals surface area contributed by atoms with Gasteiger partial charge in [0.2, 0.25) is 5.91 Å². The zero-order chi connectivity index (χ0) is 24.8. The zero-order valence-electron chi connectivity index (χ0n) is 19.3. The molecule has 9 nitrogen and oxygen atoms in total. The van der Waals surface area contributed by atoms with Gasteiger partial charge in [-0.25, -0.2) is 0 Å². The van der Waals surface area contributed by atoms with Crippen molar-refractivity contribution < 1.29 is 28.5 Å². The lowest BCUT2D eigenvalue weighted by Gasteiger charge is -2.14. The number of hydrogen-bond acceptors (Lipinski definition) is 8. The van der Waals surface area contributed by atoms with E-state index in [-0.39, 0.29) is 37.0 Å². The van der Waals surface area contributed by atoms with Gasteiger partial charge >= 0.3 is 0 Å². The predicted molar refractivity (Wildman–Crippen MR) is 132 cm³/mol. The van der Waals surface area contributed by atoms with Crippen LogP contribution in [-0.2, 0) is 28.5 Å². The molecule has 2 rings (SSSR count). The first-order chi connectivity index (χ1) is 16.4. The lowest BCUT2D eigenvalue weighted by atomic mass is 10.0. The SMILES string of the molecule is [B]C(=O)CCOCCOCCOCCOCCC(=O)NC1=NN(c2ccc(Cl)c(Cl)c2)CC1C. The third kappa shape index (κ3) is 11.2. The molecule has 0 fully saturated rings. The van der Waals surface area contributed by atoms with Crippen molar-refractivity contribution in [3.05, 3.63) is 28.2 Å². The van der Waals surface area contributed by atoms with E-state index in [4.69, 9.17) is 50.0 Å². The van der Waals surface area contributed by atoms with Crippen LogP contribution in [0, 0.1) is 5.92 Å². The third-order valence-electron chi connectivity index (χ3n) is 4.69. The van der Waals surface area contributed by atoms with Gasteiger partial charge in [-0.05, 0) is 18.2 Å². The molecule has 1 aliphatic heterocycles. The van der Waals surface area contributed by atoms with Crippen molar-refractivity contribution in [1.82, 2.24) is 5.32 Å². The van der Waals surface area contributed by atoms with Gasteiger partial charge in [0, 0.05) is 12.3 Å². The molecule has 186 valence electrons. The average molecular weight is 514 g/mol. The molecule has 1 aromatic carbocycles. The van der Waals surface area contributed by atoms with E-state index in [0.29, 0.717) is 68.7 Å². The van der Waals surface area contributed by atoms with Crippen LogP contribution in [0.3, 0.4) is 0 Å². The van der Waals surface area contributed by atoms with Gasteiger partial charge in [-0.15, -0.1) is 0 Å². The Morgan fingerprint density at radius 3 is 2.09 bits per heavy atom. The Labute approximate surface area is 211 Å². The monoisotopic (exact) mass is 513 g/mol. The summed E-state index contributed by atoms with van der Waals surface area (Å²) in [5.41, 5.74) is 0.426. The normalized spacial score (nSPS) is 15.4. The smallest absolute Gasteiger partial charge is 0.227 e. The van der Waals surface area contributed by atoms with Gasteiger partial charge < -0.3 is 29.1 Å². The van der Waals surface area contributed by atoms with E-state index in [1.807, 2.05) is 13.0 Å². The summed E-state index contributed by atoms with van der Waals surface area (Å²) in [6, 6.07) is 5.30. The minimum Gasteiger partial charge on any atom is -0.379 e. The molecule has 1 aliphatic rings. The van der Waals surface area contributed by atoms with Crippen molar-refractivity contribution in [2.24, 2.45) is 11.0 Å². The Morgan fingerprint density at radius 2 is 1.53 bits per heavy atom. The standard InChI is InChI=1S/C22H30BCl2N3O6/c1-16-15-28(17-2-3-18(24)19(25)14-17)27-22(16)26-21(30)5-7-32-9-11-34-13-12-33-10-8-31-6-4-20(23)29/h2-3,14,16H,4-13,15H2,1H3,(H,26,27,30). The Hall–Kier alpha value is -1.69. The number of benzene rings is 1. The summed E-state index contributed by atoms with van der Waals surface area (Å²) in [7, 11) is 5.00. The summed E-state index contributed by atoms with van der Waals surface area (Å²) in [5, 5.41) is 10.1. The number of amidine groups is 1. The first-order valence-corrected chi connectivity index (χ1v) is 11.8. The summed E-state index contributed by atoms with van der Waals surface area (Å²) < 4.78 is 21.3. The topological polar surface area (TPSA) is 98.7 Å². The second-order valence-electron chi connectivity index (χ2n) is 7.53. The van der Waals surface area contributed by atoms with Gasteiger partial charge in [0.1, 0.15) is 5.84 Å². The highest BCUT2D eigenvalue weighted by atomic mass is 35.5. The number of carbonyl (C=O) groups excluding carboxylic acids is 2. The Morgan fingerprint density at radius 1 is 0.971 bits per heavy atom. The maximum atomic E-state index is 12.2. The summed E-state index contributed by atoms with van der Waals surface area (Å²) in [6.07, 6.45) is 0.425. The van der Waals surface area contributed by atoms with Crippen LogP contribution in [0.2, 0.25) is 10.0 Å². The molecule has 0 aromatic heterocycles. The highest BCUT2D eigenvalue weighted by molar-refractivity contribution is 6.57. The molecular formula is C22H30BCl2N3O6. The summed E-state index contributed by atoms with van der Waals surface area (Å²) in [6.45, 7) is 5.67. The Kier molecular flexibility index (Phi) is 13.5. The number of hydrazone groups is 1. The highest BCUT2D eigenvalue weighted by Gasteiger charge is 2.25. The quantitative estimate of drug-likeness (QED) is 0.267. The molecule has 0 saturated heterocycles. The minimum atomic E-state index is -0.386. The molecule has 0 aliphatic carbocycles. The fraction of sp³-hybridized carbons (Fsp3) is 0.591. The number of anilines is 1. The maximum Gasteiger partial charge on any atom is 0.227 e. The van der Waals surface area contributed by atoms with Gasteiger partial charge in [-0.2, -0.15) is 5.10 Å². The number of amides is 1. The molecule has 0 bridgehead atoms. The highest BCUT2D eigenvalue weighted by Crippen LogP contribution is 2.29. The van der Waals surface area contributed by atoms with E-state index in [9.17, 15) is 9.59 Å². The molecule has 1 atom stereocenters. The van der Waals surface area contributed by atoms with Crippen LogP contribution in [0.4, 0.5) is 5.69 Å². The first-order valence-electron chi connectivity index (χ1n) is 11.1. The summed E-state index contributed by atoms with van der Waals surface area (Å²) in [5.74, 6) is 0.517. The van der Waals surface area contributed by atoms with E-state index in [1.165, 1.54) is 0 Å². The maximum absolute atomic E-state index is 12.2. The minimum absolute atomic E-state index is 0.0663. The van der Waals surface area contributed by atoms with E-state index in [0.717, 1.165) is 5.69 Å². The molecule has 12 heteroatoms. The van der Waals surface area contributed by atoms with Gasteiger partial charge in [-0.1, -0.05) is 30.1 Å². The van der Waals surface area contributed by atoms with E-state index in [1.54, 1.807) is 17.1 Å². The van der Waals surface area contributed by atoms with Crippen LogP contribution < -0.4 is 10.3 Å². The van der Waals surface area contributed by atoms with Gasteiger partial charge in [0.15, 0.2) is 7.85 Å². The fourth-order valence-corrected chi connectivity index (χ4v) is 3.17. The molecule has 0 saturated carbocycles. The van der Waals surface area contributed by atoms with E-state index >= 15 is 0 Å². The van der Waals surface area contributed by atoms with Gasteiger partial charge in [0.25, 0.3) is 0 Å². The largest absolute Gasteiger partial charge is 0.379 e. The molecule has 1 N–H and O–H groups in total. The average Bonchev–Trinajstić information content (AvgIpc) is 3.15.